The Bertz CT molecular complexity index is 787. The Morgan fingerprint density at radius 3 is 3.09 bits per heavy atom. The molecule has 3 heterocycles. The summed E-state index contributed by atoms with van der Waals surface area (Å²) in [7, 11) is 0. The molecule has 1 saturated heterocycles. The summed E-state index contributed by atoms with van der Waals surface area (Å²) in [6.07, 6.45) is 3.15. The molecule has 114 valence electrons. The van der Waals surface area contributed by atoms with Crippen LogP contribution in [0.3, 0.4) is 0 Å². The quantitative estimate of drug-likeness (QED) is 0.590. The molecule has 2 aromatic heterocycles. The van der Waals surface area contributed by atoms with Crippen LogP contribution in [0.5, 0.6) is 0 Å². The smallest absolute Gasteiger partial charge is 0.249 e. The zero-order valence-corrected chi connectivity index (χ0v) is 12.9. The molecule has 0 aliphatic carbocycles. The van der Waals surface area contributed by atoms with Crippen molar-refractivity contribution in [3.8, 4) is 0 Å². The van der Waals surface area contributed by atoms with Crippen LogP contribution in [0.25, 0.3) is 16.6 Å². The van der Waals surface area contributed by atoms with Crippen LogP contribution in [0, 0.1) is 0 Å². The van der Waals surface area contributed by atoms with Crippen molar-refractivity contribution in [1.82, 2.24) is 15.6 Å². The van der Waals surface area contributed by atoms with Crippen molar-refractivity contribution in [3.63, 3.8) is 0 Å². The molecule has 8 heteroatoms. The number of carbonyl (C=O) groups is 2. The molecule has 0 spiro atoms. The lowest BCUT2D eigenvalue weighted by Crippen LogP contribution is -2.50. The van der Waals surface area contributed by atoms with Gasteiger partial charge in [-0.1, -0.05) is 11.6 Å². The van der Waals surface area contributed by atoms with Gasteiger partial charge in [0, 0.05) is 18.0 Å². The van der Waals surface area contributed by atoms with Crippen LogP contribution < -0.4 is 10.6 Å². The monoisotopic (exact) mass is 337 g/mol. The van der Waals surface area contributed by atoms with Crippen LogP contribution in [0.1, 0.15) is 17.7 Å². The van der Waals surface area contributed by atoms with Crippen LogP contribution >= 0.6 is 22.9 Å². The number of halogens is 1. The SMILES string of the molecule is O=C1CCC(NC(=CO)c2sc(Cl)c3cccnc23)C(=O)N1. The summed E-state index contributed by atoms with van der Waals surface area (Å²) in [4.78, 5) is 27.9. The molecule has 6 nitrogen and oxygen atoms in total. The molecule has 1 fully saturated rings. The van der Waals surface area contributed by atoms with Gasteiger partial charge in [0.1, 0.15) is 16.6 Å². The number of aromatic nitrogens is 1. The van der Waals surface area contributed by atoms with Crippen LogP contribution in [0.15, 0.2) is 24.6 Å². The van der Waals surface area contributed by atoms with Gasteiger partial charge in [0.25, 0.3) is 0 Å². The van der Waals surface area contributed by atoms with Crippen molar-refractivity contribution in [3.05, 3.63) is 33.8 Å². The number of thiophene rings is 1. The molecule has 0 radical (unpaired) electrons. The fourth-order valence-electron chi connectivity index (χ4n) is 2.30. The van der Waals surface area contributed by atoms with Gasteiger partial charge in [-0.2, -0.15) is 0 Å². The van der Waals surface area contributed by atoms with Crippen molar-refractivity contribution in [2.45, 2.75) is 18.9 Å². The maximum atomic E-state index is 11.8. The number of aliphatic hydroxyl groups excluding tert-OH is 1. The average molecular weight is 338 g/mol. The standard InChI is InChI=1S/C14H12ClN3O3S/c15-13-7-2-1-5-16-11(7)12(22-13)9(6-19)17-8-3-4-10(20)18-14(8)21/h1-2,5-6,8,17,19H,3-4H2,(H,18,20,21). The van der Waals surface area contributed by atoms with Gasteiger partial charge < -0.3 is 10.4 Å². The molecule has 3 rings (SSSR count). The molecule has 3 N–H and O–H groups in total. The van der Waals surface area contributed by atoms with E-state index in [1.807, 2.05) is 6.07 Å². The highest BCUT2D eigenvalue weighted by Gasteiger charge is 2.28. The fourth-order valence-corrected chi connectivity index (χ4v) is 3.62. The number of hydrogen-bond acceptors (Lipinski definition) is 6. The molecule has 1 aliphatic rings. The van der Waals surface area contributed by atoms with Crippen molar-refractivity contribution in [2.24, 2.45) is 0 Å². The number of fused-ring (bicyclic) bond motifs is 1. The number of hydrogen-bond donors (Lipinski definition) is 3. The van der Waals surface area contributed by atoms with Crippen LogP contribution in [0.4, 0.5) is 0 Å². The van der Waals surface area contributed by atoms with Crippen LogP contribution in [0.2, 0.25) is 4.34 Å². The number of imide groups is 1. The van der Waals surface area contributed by atoms with Gasteiger partial charge in [0.2, 0.25) is 11.8 Å². The highest BCUT2D eigenvalue weighted by atomic mass is 35.5. The van der Waals surface area contributed by atoms with Crippen molar-refractivity contribution < 1.29 is 14.7 Å². The topological polar surface area (TPSA) is 91.3 Å². The fraction of sp³-hybridized carbons (Fsp3) is 0.214. The number of amides is 2. The van der Waals surface area contributed by atoms with Gasteiger partial charge in [-0.05, 0) is 18.6 Å². The Balaban J connectivity index is 1.91. The van der Waals surface area contributed by atoms with E-state index >= 15 is 0 Å². The number of piperidine rings is 1. The minimum Gasteiger partial charge on any atom is -0.513 e. The van der Waals surface area contributed by atoms with E-state index in [1.165, 1.54) is 11.3 Å². The molecular formula is C14H12ClN3O3S. The number of pyridine rings is 1. The third-order valence-corrected chi connectivity index (χ3v) is 4.82. The minimum absolute atomic E-state index is 0.256. The third-order valence-electron chi connectivity index (χ3n) is 3.37. The highest BCUT2D eigenvalue weighted by Crippen LogP contribution is 2.37. The van der Waals surface area contributed by atoms with Gasteiger partial charge in [-0.25, -0.2) is 0 Å². The molecular weight excluding hydrogens is 326 g/mol. The summed E-state index contributed by atoms with van der Waals surface area (Å²) in [5, 5.41) is 15.5. The zero-order chi connectivity index (χ0) is 15.7. The second-order valence-electron chi connectivity index (χ2n) is 4.80. The molecule has 0 aromatic carbocycles. The first-order chi connectivity index (χ1) is 10.6. The van der Waals surface area contributed by atoms with Crippen molar-refractivity contribution >= 4 is 51.4 Å². The molecule has 1 aliphatic heterocycles. The Labute approximate surface area is 134 Å². The predicted molar refractivity (Wildman–Crippen MR) is 84.5 cm³/mol. The normalized spacial score (nSPS) is 19.3. The van der Waals surface area contributed by atoms with E-state index in [0.29, 0.717) is 26.8 Å². The summed E-state index contributed by atoms with van der Waals surface area (Å²) in [6.45, 7) is 0. The lowest BCUT2D eigenvalue weighted by Gasteiger charge is -2.23. The molecule has 0 bridgehead atoms. The molecule has 22 heavy (non-hydrogen) atoms. The van der Waals surface area contributed by atoms with E-state index in [9.17, 15) is 14.7 Å². The Hall–Kier alpha value is -2.12. The number of carbonyl (C=O) groups excluding carboxylic acids is 2. The lowest BCUT2D eigenvalue weighted by molar-refractivity contribution is -0.134. The molecule has 2 amide bonds. The Kier molecular flexibility index (Phi) is 4.00. The van der Waals surface area contributed by atoms with Gasteiger partial charge in [-0.3, -0.25) is 19.9 Å². The van der Waals surface area contributed by atoms with E-state index in [0.717, 1.165) is 11.6 Å². The summed E-state index contributed by atoms with van der Waals surface area (Å²) in [6, 6.07) is 3.03. The average Bonchev–Trinajstić information content (AvgIpc) is 2.84. The zero-order valence-electron chi connectivity index (χ0n) is 11.3. The summed E-state index contributed by atoms with van der Waals surface area (Å²) >= 11 is 7.45. The molecule has 2 aromatic rings. The van der Waals surface area contributed by atoms with Gasteiger partial charge in [-0.15, -0.1) is 11.3 Å². The third kappa shape index (κ3) is 2.65. The lowest BCUT2D eigenvalue weighted by atomic mass is 10.1. The van der Waals surface area contributed by atoms with Crippen LogP contribution in [-0.2, 0) is 9.59 Å². The number of nitrogens with one attached hydrogen (secondary N) is 2. The number of aliphatic hydroxyl groups is 1. The first-order valence-corrected chi connectivity index (χ1v) is 7.77. The maximum Gasteiger partial charge on any atom is 0.249 e. The van der Waals surface area contributed by atoms with Crippen molar-refractivity contribution in [1.29, 1.82) is 0 Å². The molecule has 1 unspecified atom stereocenters. The largest absolute Gasteiger partial charge is 0.513 e. The van der Waals surface area contributed by atoms with Crippen LogP contribution in [-0.4, -0.2) is 27.9 Å². The second-order valence-corrected chi connectivity index (χ2v) is 6.42. The Morgan fingerprint density at radius 1 is 1.55 bits per heavy atom. The summed E-state index contributed by atoms with van der Waals surface area (Å²) < 4.78 is 0.558. The van der Waals surface area contributed by atoms with Gasteiger partial charge in [0.15, 0.2) is 0 Å². The molecule has 1 atom stereocenters. The minimum atomic E-state index is -0.587. The predicted octanol–water partition coefficient (Wildman–Crippen LogP) is 2.20. The van der Waals surface area contributed by atoms with Crippen molar-refractivity contribution in [2.75, 3.05) is 0 Å². The van der Waals surface area contributed by atoms with E-state index < -0.39 is 11.9 Å². The van der Waals surface area contributed by atoms with Gasteiger partial charge in [0.05, 0.1) is 16.1 Å². The number of nitrogens with zero attached hydrogens (tertiary/aromatic N) is 1. The Morgan fingerprint density at radius 2 is 2.36 bits per heavy atom. The maximum absolute atomic E-state index is 11.8. The molecule has 0 saturated carbocycles. The summed E-state index contributed by atoms with van der Waals surface area (Å²) in [5.74, 6) is -0.695. The summed E-state index contributed by atoms with van der Waals surface area (Å²) in [5.41, 5.74) is 1.01. The van der Waals surface area contributed by atoms with E-state index in [1.54, 1.807) is 12.3 Å². The van der Waals surface area contributed by atoms with Gasteiger partial charge >= 0.3 is 0 Å². The first-order valence-electron chi connectivity index (χ1n) is 6.58. The van der Waals surface area contributed by atoms with E-state index in [2.05, 4.69) is 15.6 Å². The van der Waals surface area contributed by atoms with E-state index in [-0.39, 0.29) is 12.3 Å². The number of rotatable bonds is 3. The highest BCUT2D eigenvalue weighted by molar-refractivity contribution is 7.19. The second kappa shape index (κ2) is 5.94. The first kappa shape index (κ1) is 14.8. The van der Waals surface area contributed by atoms with E-state index in [4.69, 9.17) is 11.6 Å².